The first-order chi connectivity index (χ1) is 8.59. The molecule has 2 bridgehead atoms. The molecule has 96 valence electrons. The number of aliphatic hydroxyl groups is 1. The summed E-state index contributed by atoms with van der Waals surface area (Å²) in [4.78, 5) is 0. The van der Waals surface area contributed by atoms with Crippen LogP contribution < -0.4 is 0 Å². The van der Waals surface area contributed by atoms with Crippen molar-refractivity contribution in [1.29, 1.82) is 0 Å². The summed E-state index contributed by atoms with van der Waals surface area (Å²) in [5, 5.41) is 10.2. The minimum absolute atomic E-state index is 0.219. The standard InChI is InChI=1S/C16H20O2/c1-11(2)16-13(17)8-6-4-5-7-9-14-12(3)10-15(16)18-14/h10,13,16-17H,1,4-5,7,9H2,2-3H3/t13-,16-/m1/s1. The molecule has 0 amide bonds. The first-order valence-corrected chi connectivity index (χ1v) is 6.50. The summed E-state index contributed by atoms with van der Waals surface area (Å²) >= 11 is 0. The van der Waals surface area contributed by atoms with Gasteiger partial charge >= 0.3 is 0 Å². The molecular weight excluding hydrogens is 224 g/mol. The van der Waals surface area contributed by atoms with E-state index in [1.54, 1.807) is 0 Å². The molecule has 18 heavy (non-hydrogen) atoms. The lowest BCUT2D eigenvalue weighted by atomic mass is 9.92. The highest BCUT2D eigenvalue weighted by atomic mass is 16.3. The van der Waals surface area contributed by atoms with Crippen molar-refractivity contribution in [2.75, 3.05) is 0 Å². The number of furan rings is 1. The number of hydrogen-bond acceptors (Lipinski definition) is 2. The lowest BCUT2D eigenvalue weighted by Gasteiger charge is -2.16. The molecule has 0 fully saturated rings. The first kappa shape index (κ1) is 13.0. The van der Waals surface area contributed by atoms with Gasteiger partial charge in [-0.15, -0.1) is 5.92 Å². The third-order valence-electron chi connectivity index (χ3n) is 3.40. The van der Waals surface area contributed by atoms with Crippen molar-refractivity contribution >= 4 is 0 Å². The van der Waals surface area contributed by atoms with Crippen LogP contribution in [0.4, 0.5) is 0 Å². The predicted molar refractivity (Wildman–Crippen MR) is 72.3 cm³/mol. The monoisotopic (exact) mass is 244 g/mol. The highest BCUT2D eigenvalue weighted by Crippen LogP contribution is 2.31. The summed E-state index contributed by atoms with van der Waals surface area (Å²) < 4.78 is 5.90. The normalized spacial score (nSPS) is 23.7. The van der Waals surface area contributed by atoms with Crippen LogP contribution in [-0.4, -0.2) is 11.2 Å². The van der Waals surface area contributed by atoms with Gasteiger partial charge < -0.3 is 9.52 Å². The molecule has 2 nitrogen and oxygen atoms in total. The lowest BCUT2D eigenvalue weighted by Crippen LogP contribution is -2.17. The van der Waals surface area contributed by atoms with Crippen LogP contribution in [0.2, 0.25) is 0 Å². The van der Waals surface area contributed by atoms with Crippen molar-refractivity contribution in [3.8, 4) is 11.8 Å². The van der Waals surface area contributed by atoms with E-state index in [-0.39, 0.29) is 5.92 Å². The SMILES string of the molecule is C=C(C)[C@H]1c2cc(C)c(o2)CCCCC#C[C@H]1O. The van der Waals surface area contributed by atoms with Crippen LogP contribution in [0.3, 0.4) is 0 Å². The summed E-state index contributed by atoms with van der Waals surface area (Å²) in [5.74, 6) is 7.57. The summed E-state index contributed by atoms with van der Waals surface area (Å²) in [6.45, 7) is 7.92. The summed E-state index contributed by atoms with van der Waals surface area (Å²) in [6, 6.07) is 2.02. The van der Waals surface area contributed by atoms with Gasteiger partial charge in [0.1, 0.15) is 17.6 Å². The van der Waals surface area contributed by atoms with Crippen molar-refractivity contribution in [2.45, 2.75) is 51.6 Å². The van der Waals surface area contributed by atoms with Crippen molar-refractivity contribution in [2.24, 2.45) is 0 Å². The topological polar surface area (TPSA) is 33.4 Å². The average molecular weight is 244 g/mol. The van der Waals surface area contributed by atoms with E-state index in [2.05, 4.69) is 25.3 Å². The zero-order valence-corrected chi connectivity index (χ0v) is 11.1. The molecule has 2 heterocycles. The minimum atomic E-state index is -0.723. The van der Waals surface area contributed by atoms with Gasteiger partial charge in [-0.25, -0.2) is 0 Å². The molecule has 0 saturated carbocycles. The molecule has 0 radical (unpaired) electrons. The van der Waals surface area contributed by atoms with Gasteiger partial charge in [0.2, 0.25) is 0 Å². The molecule has 1 aromatic heterocycles. The van der Waals surface area contributed by atoms with Crippen molar-refractivity contribution in [3.63, 3.8) is 0 Å². The summed E-state index contributed by atoms with van der Waals surface area (Å²) in [6.07, 6.45) is 3.19. The third-order valence-corrected chi connectivity index (χ3v) is 3.40. The maximum absolute atomic E-state index is 10.2. The maximum Gasteiger partial charge on any atom is 0.128 e. The zero-order chi connectivity index (χ0) is 13.1. The van der Waals surface area contributed by atoms with Gasteiger partial charge in [0.25, 0.3) is 0 Å². The van der Waals surface area contributed by atoms with Crippen LogP contribution in [0.25, 0.3) is 0 Å². The molecule has 0 saturated heterocycles. The fourth-order valence-electron chi connectivity index (χ4n) is 2.37. The Balaban J connectivity index is 2.43. The molecule has 0 aliphatic carbocycles. The lowest BCUT2D eigenvalue weighted by molar-refractivity contribution is 0.200. The Bertz CT molecular complexity index is 499. The number of rotatable bonds is 1. The van der Waals surface area contributed by atoms with Crippen molar-refractivity contribution in [1.82, 2.24) is 0 Å². The second-order valence-corrected chi connectivity index (χ2v) is 5.05. The highest BCUT2D eigenvalue weighted by Gasteiger charge is 2.25. The van der Waals surface area contributed by atoms with E-state index in [9.17, 15) is 5.11 Å². The number of hydrogen-bond donors (Lipinski definition) is 1. The van der Waals surface area contributed by atoms with Gasteiger partial charge in [-0.05, 0) is 38.3 Å². The largest absolute Gasteiger partial charge is 0.465 e. The Morgan fingerprint density at radius 2 is 2.28 bits per heavy atom. The predicted octanol–water partition coefficient (Wildman–Crippen LogP) is 3.34. The first-order valence-electron chi connectivity index (χ1n) is 6.50. The van der Waals surface area contributed by atoms with E-state index in [4.69, 9.17) is 4.42 Å². The van der Waals surface area contributed by atoms with E-state index in [1.165, 1.54) is 0 Å². The van der Waals surface area contributed by atoms with Crippen LogP contribution in [0.5, 0.6) is 0 Å². The molecule has 2 rings (SSSR count). The highest BCUT2D eigenvalue weighted by molar-refractivity contribution is 5.31. The van der Waals surface area contributed by atoms with E-state index in [1.807, 2.05) is 13.0 Å². The second-order valence-electron chi connectivity index (χ2n) is 5.05. The number of aliphatic hydroxyl groups excluding tert-OH is 1. The molecule has 1 aliphatic rings. The molecule has 0 spiro atoms. The Hall–Kier alpha value is -1.46. The van der Waals surface area contributed by atoms with E-state index < -0.39 is 6.10 Å². The van der Waals surface area contributed by atoms with Crippen molar-refractivity contribution < 1.29 is 9.52 Å². The van der Waals surface area contributed by atoms with Crippen molar-refractivity contribution in [3.05, 3.63) is 35.3 Å². The third kappa shape index (κ3) is 2.68. The minimum Gasteiger partial charge on any atom is -0.465 e. The fourth-order valence-corrected chi connectivity index (χ4v) is 2.37. The van der Waals surface area contributed by atoms with E-state index in [0.29, 0.717) is 0 Å². The van der Waals surface area contributed by atoms with Gasteiger partial charge in [0, 0.05) is 12.8 Å². The summed E-state index contributed by atoms with van der Waals surface area (Å²) in [7, 11) is 0. The molecule has 1 N–H and O–H groups in total. The number of fused-ring (bicyclic) bond motifs is 2. The van der Waals surface area contributed by atoms with Crippen LogP contribution >= 0.6 is 0 Å². The van der Waals surface area contributed by atoms with Gasteiger partial charge in [0.05, 0.1) is 5.92 Å². The molecule has 0 aromatic carbocycles. The Morgan fingerprint density at radius 3 is 3.00 bits per heavy atom. The number of aryl methyl sites for hydroxylation is 2. The zero-order valence-electron chi connectivity index (χ0n) is 11.1. The second kappa shape index (κ2) is 5.46. The molecule has 2 heteroatoms. The Kier molecular flexibility index (Phi) is 3.93. The van der Waals surface area contributed by atoms with E-state index in [0.717, 1.165) is 48.3 Å². The molecular formula is C16H20O2. The Labute approximate surface area is 109 Å². The van der Waals surface area contributed by atoms with Crippen LogP contribution in [0, 0.1) is 18.8 Å². The maximum atomic E-state index is 10.2. The van der Waals surface area contributed by atoms with Gasteiger partial charge in [-0.2, -0.15) is 0 Å². The molecule has 0 unspecified atom stereocenters. The van der Waals surface area contributed by atoms with Gasteiger partial charge in [-0.3, -0.25) is 0 Å². The smallest absolute Gasteiger partial charge is 0.128 e. The van der Waals surface area contributed by atoms with E-state index >= 15 is 0 Å². The molecule has 2 atom stereocenters. The Morgan fingerprint density at radius 1 is 1.50 bits per heavy atom. The fraction of sp³-hybridized carbons (Fsp3) is 0.500. The van der Waals surface area contributed by atoms with Gasteiger partial charge in [-0.1, -0.05) is 18.1 Å². The summed E-state index contributed by atoms with van der Waals surface area (Å²) in [5.41, 5.74) is 2.05. The van der Waals surface area contributed by atoms with Gasteiger partial charge in [0.15, 0.2) is 0 Å². The molecule has 1 aromatic rings. The van der Waals surface area contributed by atoms with Crippen LogP contribution in [0.1, 0.15) is 49.2 Å². The average Bonchev–Trinajstić information content (AvgIpc) is 2.61. The molecule has 1 aliphatic heterocycles. The van der Waals surface area contributed by atoms with Crippen LogP contribution in [0.15, 0.2) is 22.6 Å². The van der Waals surface area contributed by atoms with Crippen LogP contribution in [-0.2, 0) is 6.42 Å². The quantitative estimate of drug-likeness (QED) is 0.607.